The molecule has 0 atom stereocenters. The van der Waals surface area contributed by atoms with Gasteiger partial charge in [0.2, 0.25) is 5.91 Å². The highest BCUT2D eigenvalue weighted by Gasteiger charge is 2.15. The van der Waals surface area contributed by atoms with Gasteiger partial charge in [-0.25, -0.2) is 9.79 Å². The summed E-state index contributed by atoms with van der Waals surface area (Å²) in [6.45, 7) is 9.27. The van der Waals surface area contributed by atoms with Crippen LogP contribution in [-0.2, 0) is 9.53 Å². The van der Waals surface area contributed by atoms with Crippen molar-refractivity contribution in [2.24, 2.45) is 4.99 Å². The Morgan fingerprint density at radius 2 is 1.62 bits per heavy atom. The highest BCUT2D eigenvalue weighted by atomic mass is 16.6. The molecule has 0 saturated heterocycles. The fourth-order valence-electron chi connectivity index (χ4n) is 1.51. The number of alkyl carbamates (subject to hydrolysis) is 1. The number of likely N-dealkylation sites (N-methyl/N-ethyl adjacent to an activating group) is 1. The van der Waals surface area contributed by atoms with E-state index in [4.69, 9.17) is 4.74 Å². The lowest BCUT2D eigenvalue weighted by Gasteiger charge is -2.20. The molecule has 0 radical (unpaired) electrons. The van der Waals surface area contributed by atoms with Crippen molar-refractivity contribution < 1.29 is 14.3 Å². The molecule has 0 unspecified atom stereocenters. The number of carbonyl (C=O) groups excluding carboxylic acids is 2. The first-order valence-corrected chi connectivity index (χ1v) is 8.35. The molecule has 0 aliphatic carbocycles. The van der Waals surface area contributed by atoms with Gasteiger partial charge in [0.05, 0.1) is 0 Å². The third kappa shape index (κ3) is 12.5. The molecule has 0 aromatic rings. The first kappa shape index (κ1) is 22.0. The summed E-state index contributed by atoms with van der Waals surface area (Å²) in [5.41, 5.74) is -0.515. The van der Waals surface area contributed by atoms with E-state index >= 15 is 0 Å². The predicted octanol–water partition coefficient (Wildman–Crippen LogP) is 0.935. The number of rotatable bonds is 8. The molecular formula is C16H33N5O3. The number of amides is 2. The van der Waals surface area contributed by atoms with E-state index in [0.29, 0.717) is 19.0 Å². The van der Waals surface area contributed by atoms with Crippen LogP contribution in [0.3, 0.4) is 0 Å². The van der Waals surface area contributed by atoms with E-state index in [1.54, 1.807) is 14.1 Å². The zero-order valence-electron chi connectivity index (χ0n) is 15.9. The molecule has 0 rings (SSSR count). The van der Waals surface area contributed by atoms with Gasteiger partial charge in [-0.3, -0.25) is 4.79 Å². The zero-order chi connectivity index (χ0) is 18.6. The highest BCUT2D eigenvalue weighted by Crippen LogP contribution is 2.05. The average molecular weight is 343 g/mol. The minimum atomic E-state index is -0.515. The fourth-order valence-corrected chi connectivity index (χ4v) is 1.51. The van der Waals surface area contributed by atoms with Gasteiger partial charge < -0.3 is 25.6 Å². The molecule has 140 valence electrons. The third-order valence-corrected chi connectivity index (χ3v) is 2.78. The molecule has 0 fully saturated rings. The molecule has 0 aliphatic heterocycles. The standard InChI is InChI=1S/C16H33N5O3/c1-7-8-9-17-14(20-12-13(22)21(5)6)18-10-11-19-15(23)24-16(2,3)4/h7-12H2,1-6H3,(H,19,23)(H2,17,18,20). The Morgan fingerprint density at radius 3 is 2.17 bits per heavy atom. The third-order valence-electron chi connectivity index (χ3n) is 2.78. The van der Waals surface area contributed by atoms with Gasteiger partial charge >= 0.3 is 6.09 Å². The van der Waals surface area contributed by atoms with Crippen molar-refractivity contribution in [2.75, 3.05) is 40.3 Å². The number of guanidine groups is 1. The first-order chi connectivity index (χ1) is 11.2. The van der Waals surface area contributed by atoms with Gasteiger partial charge in [0.15, 0.2) is 5.96 Å². The Morgan fingerprint density at radius 1 is 1.04 bits per heavy atom. The van der Waals surface area contributed by atoms with Gasteiger partial charge in [-0.15, -0.1) is 0 Å². The van der Waals surface area contributed by atoms with E-state index in [-0.39, 0.29) is 12.5 Å². The minimum Gasteiger partial charge on any atom is -0.444 e. The van der Waals surface area contributed by atoms with Gasteiger partial charge in [-0.2, -0.15) is 0 Å². The van der Waals surface area contributed by atoms with Crippen LogP contribution >= 0.6 is 0 Å². The van der Waals surface area contributed by atoms with E-state index < -0.39 is 11.7 Å². The van der Waals surface area contributed by atoms with E-state index in [1.165, 1.54) is 4.90 Å². The van der Waals surface area contributed by atoms with Crippen LogP contribution in [0.15, 0.2) is 4.99 Å². The molecule has 0 aromatic carbocycles. The fraction of sp³-hybridized carbons (Fsp3) is 0.812. The number of hydrogen-bond donors (Lipinski definition) is 3. The smallest absolute Gasteiger partial charge is 0.407 e. The summed E-state index contributed by atoms with van der Waals surface area (Å²) >= 11 is 0. The van der Waals surface area contributed by atoms with Crippen molar-refractivity contribution in [1.82, 2.24) is 20.9 Å². The quantitative estimate of drug-likeness (QED) is 0.346. The molecule has 8 nitrogen and oxygen atoms in total. The zero-order valence-corrected chi connectivity index (χ0v) is 15.9. The van der Waals surface area contributed by atoms with Gasteiger partial charge in [0.1, 0.15) is 12.1 Å². The first-order valence-electron chi connectivity index (χ1n) is 8.35. The van der Waals surface area contributed by atoms with Gasteiger partial charge in [0.25, 0.3) is 0 Å². The van der Waals surface area contributed by atoms with Gasteiger partial charge in [-0.1, -0.05) is 13.3 Å². The van der Waals surface area contributed by atoms with Crippen LogP contribution in [0.1, 0.15) is 40.5 Å². The van der Waals surface area contributed by atoms with Crippen LogP contribution in [0.25, 0.3) is 0 Å². The van der Waals surface area contributed by atoms with Crippen LogP contribution in [0.5, 0.6) is 0 Å². The summed E-state index contributed by atoms with van der Waals surface area (Å²) in [5, 5.41) is 8.92. The lowest BCUT2D eigenvalue weighted by molar-refractivity contribution is -0.127. The average Bonchev–Trinajstić information content (AvgIpc) is 2.46. The second kappa shape index (κ2) is 11.5. The van der Waals surface area contributed by atoms with Crippen LogP contribution in [0.2, 0.25) is 0 Å². The highest BCUT2D eigenvalue weighted by molar-refractivity contribution is 5.84. The SMILES string of the molecule is CCCCNC(=NCC(=O)N(C)C)NCCNC(=O)OC(C)(C)C. The summed E-state index contributed by atoms with van der Waals surface area (Å²) in [7, 11) is 3.39. The van der Waals surface area contributed by atoms with E-state index in [1.807, 2.05) is 20.8 Å². The monoisotopic (exact) mass is 343 g/mol. The van der Waals surface area contributed by atoms with Crippen molar-refractivity contribution in [3.8, 4) is 0 Å². The topological polar surface area (TPSA) is 95.1 Å². The lowest BCUT2D eigenvalue weighted by Crippen LogP contribution is -2.43. The molecular weight excluding hydrogens is 310 g/mol. The van der Waals surface area contributed by atoms with Crippen molar-refractivity contribution in [2.45, 2.75) is 46.1 Å². The maximum absolute atomic E-state index is 11.6. The van der Waals surface area contributed by atoms with Crippen LogP contribution in [0.4, 0.5) is 4.79 Å². The Kier molecular flexibility index (Phi) is 10.6. The van der Waals surface area contributed by atoms with E-state index in [9.17, 15) is 9.59 Å². The van der Waals surface area contributed by atoms with E-state index in [0.717, 1.165) is 19.4 Å². The molecule has 0 bridgehead atoms. The van der Waals surface area contributed by atoms with Crippen molar-refractivity contribution >= 4 is 18.0 Å². The molecule has 0 aromatic heterocycles. The Bertz CT molecular complexity index is 416. The minimum absolute atomic E-state index is 0.0709. The summed E-state index contributed by atoms with van der Waals surface area (Å²) < 4.78 is 5.16. The number of aliphatic imine (C=N–C) groups is 1. The maximum Gasteiger partial charge on any atom is 0.407 e. The molecule has 2 amide bonds. The normalized spacial score (nSPS) is 11.7. The Balaban J connectivity index is 4.27. The number of hydrogen-bond acceptors (Lipinski definition) is 4. The van der Waals surface area contributed by atoms with Crippen LogP contribution < -0.4 is 16.0 Å². The number of nitrogens with one attached hydrogen (secondary N) is 3. The second-order valence-corrected chi connectivity index (χ2v) is 6.59. The molecule has 8 heteroatoms. The van der Waals surface area contributed by atoms with Gasteiger partial charge in [-0.05, 0) is 27.2 Å². The molecule has 3 N–H and O–H groups in total. The number of nitrogens with zero attached hydrogens (tertiary/aromatic N) is 2. The van der Waals surface area contributed by atoms with Crippen LogP contribution in [-0.4, -0.2) is 68.7 Å². The lowest BCUT2D eigenvalue weighted by atomic mass is 10.2. The second-order valence-electron chi connectivity index (χ2n) is 6.59. The molecule has 0 spiro atoms. The van der Waals surface area contributed by atoms with Gasteiger partial charge in [0, 0.05) is 33.7 Å². The largest absolute Gasteiger partial charge is 0.444 e. The van der Waals surface area contributed by atoms with Crippen molar-refractivity contribution in [1.29, 1.82) is 0 Å². The number of unbranched alkanes of at least 4 members (excludes halogenated alkanes) is 1. The number of carbonyl (C=O) groups is 2. The number of ether oxygens (including phenoxy) is 1. The molecule has 0 saturated carbocycles. The molecule has 0 aliphatic rings. The van der Waals surface area contributed by atoms with Crippen molar-refractivity contribution in [3.05, 3.63) is 0 Å². The summed E-state index contributed by atoms with van der Waals surface area (Å²) in [4.78, 5) is 28.9. The molecule has 0 heterocycles. The summed E-state index contributed by atoms with van der Waals surface area (Å²) in [5.74, 6) is 0.489. The Hall–Kier alpha value is -1.99. The molecule has 24 heavy (non-hydrogen) atoms. The van der Waals surface area contributed by atoms with Crippen molar-refractivity contribution in [3.63, 3.8) is 0 Å². The maximum atomic E-state index is 11.6. The summed E-state index contributed by atoms with van der Waals surface area (Å²) in [6, 6.07) is 0. The van der Waals surface area contributed by atoms with E-state index in [2.05, 4.69) is 27.9 Å². The summed E-state index contributed by atoms with van der Waals surface area (Å²) in [6.07, 6.45) is 1.62. The Labute approximate surface area is 145 Å². The predicted molar refractivity (Wildman–Crippen MR) is 96.1 cm³/mol. The van der Waals surface area contributed by atoms with Crippen LogP contribution in [0, 0.1) is 0 Å².